The van der Waals surface area contributed by atoms with Gasteiger partial charge < -0.3 is 9.64 Å². The number of allylic oxidation sites excluding steroid dienone is 2. The molecule has 1 aliphatic carbocycles. The average molecular weight is 313 g/mol. The maximum atomic E-state index is 13.9. The Morgan fingerprint density at radius 3 is 2.05 bits per heavy atom. The summed E-state index contributed by atoms with van der Waals surface area (Å²) in [6, 6.07) is 0. The van der Waals surface area contributed by atoms with Crippen LogP contribution in [0.5, 0.6) is 0 Å². The van der Waals surface area contributed by atoms with Crippen molar-refractivity contribution in [2.45, 2.75) is 44.2 Å². The number of hydrogen-bond acceptors (Lipinski definition) is 2. The SMILES string of the molecule is FC(F)(F)C(F)(F)/C(=C/C1CCCCC1)N1CCOCC1. The predicted molar refractivity (Wildman–Crippen MR) is 68.1 cm³/mol. The summed E-state index contributed by atoms with van der Waals surface area (Å²) in [7, 11) is 0. The summed E-state index contributed by atoms with van der Waals surface area (Å²) >= 11 is 0. The maximum Gasteiger partial charge on any atom is 0.459 e. The van der Waals surface area contributed by atoms with Crippen LogP contribution in [0.15, 0.2) is 11.8 Å². The first kappa shape index (κ1) is 16.5. The summed E-state index contributed by atoms with van der Waals surface area (Å²) in [6.07, 6.45) is -0.246. The highest BCUT2D eigenvalue weighted by atomic mass is 19.4. The van der Waals surface area contributed by atoms with Crippen molar-refractivity contribution in [1.29, 1.82) is 0 Å². The third kappa shape index (κ3) is 3.87. The third-order valence-electron chi connectivity index (χ3n) is 4.07. The maximum absolute atomic E-state index is 13.9. The van der Waals surface area contributed by atoms with Crippen molar-refractivity contribution in [3.8, 4) is 0 Å². The smallest absolute Gasteiger partial charge is 0.378 e. The summed E-state index contributed by atoms with van der Waals surface area (Å²) in [5, 5.41) is 0. The van der Waals surface area contributed by atoms with Crippen molar-refractivity contribution in [3.05, 3.63) is 11.8 Å². The van der Waals surface area contributed by atoms with Crippen LogP contribution in [0.25, 0.3) is 0 Å². The van der Waals surface area contributed by atoms with E-state index in [2.05, 4.69) is 0 Å². The quantitative estimate of drug-likeness (QED) is 0.731. The van der Waals surface area contributed by atoms with Gasteiger partial charge in [-0.1, -0.05) is 25.3 Å². The molecule has 7 heteroatoms. The lowest BCUT2D eigenvalue weighted by Crippen LogP contribution is -2.48. The molecule has 122 valence electrons. The summed E-state index contributed by atoms with van der Waals surface area (Å²) in [5.41, 5.74) is -0.884. The minimum atomic E-state index is -5.56. The molecule has 21 heavy (non-hydrogen) atoms. The molecule has 0 aromatic rings. The van der Waals surface area contributed by atoms with E-state index in [1.165, 1.54) is 0 Å². The van der Waals surface area contributed by atoms with Crippen molar-refractivity contribution in [3.63, 3.8) is 0 Å². The molecule has 0 aromatic carbocycles. The van der Waals surface area contributed by atoms with E-state index in [1.54, 1.807) is 0 Å². The van der Waals surface area contributed by atoms with Crippen LogP contribution in [0.4, 0.5) is 22.0 Å². The van der Waals surface area contributed by atoms with Crippen molar-refractivity contribution in [2.24, 2.45) is 5.92 Å². The largest absolute Gasteiger partial charge is 0.459 e. The molecule has 0 radical (unpaired) electrons. The van der Waals surface area contributed by atoms with E-state index in [0.717, 1.165) is 30.2 Å². The number of morpholine rings is 1. The van der Waals surface area contributed by atoms with E-state index in [9.17, 15) is 22.0 Å². The molecule has 0 amide bonds. The number of rotatable bonds is 3. The fourth-order valence-electron chi connectivity index (χ4n) is 2.88. The van der Waals surface area contributed by atoms with Gasteiger partial charge in [0.1, 0.15) is 0 Å². The molecule has 0 bridgehead atoms. The van der Waals surface area contributed by atoms with Crippen LogP contribution in [-0.4, -0.2) is 43.3 Å². The number of alkyl halides is 5. The van der Waals surface area contributed by atoms with Gasteiger partial charge in [-0.2, -0.15) is 22.0 Å². The van der Waals surface area contributed by atoms with Gasteiger partial charge in [0.15, 0.2) is 0 Å². The molecule has 1 aliphatic heterocycles. The van der Waals surface area contributed by atoms with Crippen molar-refractivity contribution in [2.75, 3.05) is 26.3 Å². The van der Waals surface area contributed by atoms with Gasteiger partial charge in [0.2, 0.25) is 0 Å². The zero-order chi connectivity index (χ0) is 15.5. The minimum Gasteiger partial charge on any atom is -0.378 e. The van der Waals surface area contributed by atoms with Gasteiger partial charge >= 0.3 is 12.1 Å². The molecular weight excluding hydrogens is 293 g/mol. The Morgan fingerprint density at radius 1 is 0.952 bits per heavy atom. The van der Waals surface area contributed by atoms with Crippen LogP contribution >= 0.6 is 0 Å². The molecule has 1 saturated heterocycles. The Labute approximate surface area is 120 Å². The predicted octanol–water partition coefficient (Wildman–Crippen LogP) is 3.98. The molecule has 1 heterocycles. The van der Waals surface area contributed by atoms with E-state index in [-0.39, 0.29) is 32.2 Å². The molecule has 0 spiro atoms. The summed E-state index contributed by atoms with van der Waals surface area (Å²) in [5.74, 6) is -4.99. The molecule has 0 atom stereocenters. The molecule has 0 aromatic heterocycles. The van der Waals surface area contributed by atoms with Gasteiger partial charge in [-0.15, -0.1) is 0 Å². The third-order valence-corrected chi connectivity index (χ3v) is 4.07. The highest BCUT2D eigenvalue weighted by Crippen LogP contribution is 2.43. The molecule has 0 unspecified atom stereocenters. The number of ether oxygens (including phenoxy) is 1. The van der Waals surface area contributed by atoms with E-state index in [4.69, 9.17) is 4.74 Å². The Morgan fingerprint density at radius 2 is 1.52 bits per heavy atom. The first-order valence-electron chi connectivity index (χ1n) is 7.32. The average Bonchev–Trinajstić information content (AvgIpc) is 2.45. The summed E-state index contributed by atoms with van der Waals surface area (Å²) in [6.45, 7) is 0.500. The standard InChI is InChI=1S/C14H20F5NO/c15-13(16,14(17,18)19)12(20-6-8-21-9-7-20)10-11-4-2-1-3-5-11/h10-11H,1-9H2/b12-10-. The van der Waals surface area contributed by atoms with Gasteiger partial charge in [0.05, 0.1) is 18.9 Å². The normalized spacial score (nSPS) is 23.5. The van der Waals surface area contributed by atoms with Gasteiger partial charge in [0.25, 0.3) is 0 Å². The molecular formula is C14H20F5NO. The van der Waals surface area contributed by atoms with Crippen molar-refractivity contribution < 1.29 is 26.7 Å². The Hall–Kier alpha value is -0.850. The van der Waals surface area contributed by atoms with Crippen LogP contribution in [0.3, 0.4) is 0 Å². The van der Waals surface area contributed by atoms with Gasteiger partial charge in [-0.25, -0.2) is 0 Å². The van der Waals surface area contributed by atoms with Crippen LogP contribution in [0.1, 0.15) is 32.1 Å². The molecule has 2 fully saturated rings. The second-order valence-electron chi connectivity index (χ2n) is 5.62. The van der Waals surface area contributed by atoms with E-state index in [1.807, 2.05) is 0 Å². The topological polar surface area (TPSA) is 12.5 Å². The second-order valence-corrected chi connectivity index (χ2v) is 5.62. The zero-order valence-corrected chi connectivity index (χ0v) is 11.8. The Bertz CT molecular complexity index is 368. The molecule has 1 saturated carbocycles. The first-order chi connectivity index (χ1) is 9.82. The van der Waals surface area contributed by atoms with Crippen LogP contribution < -0.4 is 0 Å². The van der Waals surface area contributed by atoms with Crippen LogP contribution in [-0.2, 0) is 4.74 Å². The van der Waals surface area contributed by atoms with Crippen LogP contribution in [0, 0.1) is 5.92 Å². The summed E-state index contributed by atoms with van der Waals surface area (Å²) < 4.78 is 71.0. The van der Waals surface area contributed by atoms with Gasteiger partial charge in [0, 0.05) is 13.1 Å². The van der Waals surface area contributed by atoms with E-state index >= 15 is 0 Å². The van der Waals surface area contributed by atoms with Crippen molar-refractivity contribution >= 4 is 0 Å². The Balaban J connectivity index is 2.26. The second kappa shape index (κ2) is 6.50. The zero-order valence-electron chi connectivity index (χ0n) is 11.8. The number of halogens is 5. The van der Waals surface area contributed by atoms with E-state index < -0.39 is 17.8 Å². The highest BCUT2D eigenvalue weighted by molar-refractivity contribution is 5.17. The number of nitrogens with zero attached hydrogens (tertiary/aromatic N) is 1. The summed E-state index contributed by atoms with van der Waals surface area (Å²) in [4.78, 5) is 1.13. The lowest BCUT2D eigenvalue weighted by atomic mass is 9.88. The molecule has 0 N–H and O–H groups in total. The minimum absolute atomic E-state index is 0.0736. The van der Waals surface area contributed by atoms with Gasteiger partial charge in [-0.05, 0) is 18.8 Å². The molecule has 2 nitrogen and oxygen atoms in total. The fourth-order valence-corrected chi connectivity index (χ4v) is 2.88. The Kier molecular flexibility index (Phi) is 5.11. The lowest BCUT2D eigenvalue weighted by Gasteiger charge is -2.36. The highest BCUT2D eigenvalue weighted by Gasteiger charge is 2.61. The van der Waals surface area contributed by atoms with Crippen LogP contribution in [0.2, 0.25) is 0 Å². The first-order valence-corrected chi connectivity index (χ1v) is 7.32. The van der Waals surface area contributed by atoms with E-state index in [0.29, 0.717) is 12.8 Å². The van der Waals surface area contributed by atoms with Crippen molar-refractivity contribution in [1.82, 2.24) is 4.90 Å². The molecule has 2 rings (SSSR count). The fraction of sp³-hybridized carbons (Fsp3) is 0.857. The van der Waals surface area contributed by atoms with Gasteiger partial charge in [-0.3, -0.25) is 0 Å². The lowest BCUT2D eigenvalue weighted by molar-refractivity contribution is -0.271. The molecule has 2 aliphatic rings. The monoisotopic (exact) mass is 313 g/mol. The number of hydrogen-bond donors (Lipinski definition) is 0.